The molecule has 1 aromatic carbocycles. The van der Waals surface area contributed by atoms with Gasteiger partial charge in [-0.15, -0.1) is 0 Å². The minimum atomic E-state index is -0.00973. The van der Waals surface area contributed by atoms with Crippen molar-refractivity contribution in [2.24, 2.45) is 0 Å². The van der Waals surface area contributed by atoms with Crippen molar-refractivity contribution < 1.29 is 0 Å². The molecule has 5 heteroatoms. The molecule has 1 aliphatic rings. The molecule has 0 saturated carbocycles. The number of rotatable bonds is 4. The van der Waals surface area contributed by atoms with E-state index < -0.39 is 0 Å². The van der Waals surface area contributed by atoms with E-state index in [1.807, 2.05) is 16.8 Å². The molecule has 122 valence electrons. The van der Waals surface area contributed by atoms with Crippen LogP contribution in [0.3, 0.4) is 0 Å². The fraction of sp³-hybridized carbons (Fsp3) is 0.263. The van der Waals surface area contributed by atoms with Gasteiger partial charge in [-0.05, 0) is 42.5 Å². The molecule has 0 saturated heterocycles. The summed E-state index contributed by atoms with van der Waals surface area (Å²) in [5.74, 6) is 0. The van der Waals surface area contributed by atoms with E-state index in [1.54, 1.807) is 18.6 Å². The molecular formula is C19H20N4O. The Kier molecular flexibility index (Phi) is 4.01. The van der Waals surface area contributed by atoms with Gasteiger partial charge >= 0.3 is 0 Å². The van der Waals surface area contributed by atoms with Crippen LogP contribution < -0.4 is 10.9 Å². The highest BCUT2D eigenvalue weighted by Crippen LogP contribution is 2.27. The third-order valence-corrected chi connectivity index (χ3v) is 4.62. The molecule has 0 aliphatic heterocycles. The summed E-state index contributed by atoms with van der Waals surface area (Å²) in [7, 11) is 0. The molecule has 2 heterocycles. The van der Waals surface area contributed by atoms with Gasteiger partial charge in [0.1, 0.15) is 0 Å². The topological polar surface area (TPSA) is 62.7 Å². The smallest absolute Gasteiger partial charge is 0.248 e. The van der Waals surface area contributed by atoms with E-state index in [0.717, 1.165) is 37.2 Å². The molecule has 0 spiro atoms. The molecule has 24 heavy (non-hydrogen) atoms. The van der Waals surface area contributed by atoms with Crippen LogP contribution in [0.2, 0.25) is 0 Å². The maximum Gasteiger partial charge on any atom is 0.248 e. The molecule has 2 aromatic heterocycles. The van der Waals surface area contributed by atoms with Crippen molar-refractivity contribution in [3.8, 4) is 5.69 Å². The SMILES string of the molecule is O=c1ccc2c([nH]1)CCC[C@H]2NCc1ccc(-n2ccnc2)cc1. The van der Waals surface area contributed by atoms with Gasteiger partial charge in [-0.2, -0.15) is 0 Å². The first-order chi connectivity index (χ1) is 11.8. The minimum Gasteiger partial charge on any atom is -0.326 e. The van der Waals surface area contributed by atoms with E-state index >= 15 is 0 Å². The summed E-state index contributed by atoms with van der Waals surface area (Å²) in [6, 6.07) is 12.4. The molecule has 0 fully saturated rings. The minimum absolute atomic E-state index is 0.00973. The van der Waals surface area contributed by atoms with Crippen LogP contribution in [-0.2, 0) is 13.0 Å². The number of hydrogen-bond acceptors (Lipinski definition) is 3. The van der Waals surface area contributed by atoms with Crippen molar-refractivity contribution >= 4 is 0 Å². The fourth-order valence-corrected chi connectivity index (χ4v) is 3.35. The molecule has 0 unspecified atom stereocenters. The highest BCUT2D eigenvalue weighted by Gasteiger charge is 2.20. The van der Waals surface area contributed by atoms with Crippen molar-refractivity contribution in [1.29, 1.82) is 0 Å². The first-order valence-corrected chi connectivity index (χ1v) is 8.32. The number of benzene rings is 1. The number of hydrogen-bond donors (Lipinski definition) is 2. The zero-order valence-electron chi connectivity index (χ0n) is 13.4. The fourth-order valence-electron chi connectivity index (χ4n) is 3.35. The number of aromatic nitrogens is 3. The van der Waals surface area contributed by atoms with Gasteiger partial charge in [0.25, 0.3) is 0 Å². The van der Waals surface area contributed by atoms with Crippen LogP contribution in [0.4, 0.5) is 0 Å². The lowest BCUT2D eigenvalue weighted by Gasteiger charge is -2.26. The number of aromatic amines is 1. The van der Waals surface area contributed by atoms with Crippen LogP contribution >= 0.6 is 0 Å². The average molecular weight is 320 g/mol. The third kappa shape index (κ3) is 3.03. The molecule has 0 bridgehead atoms. The standard InChI is InChI=1S/C19H20N4O/c24-19-9-8-16-17(2-1-3-18(16)22-19)21-12-14-4-6-15(7-5-14)23-11-10-20-13-23/h4-11,13,17,21H,1-3,12H2,(H,22,24)/t17-/m1/s1. The van der Waals surface area contributed by atoms with Crippen molar-refractivity contribution in [2.45, 2.75) is 31.8 Å². The number of nitrogens with zero attached hydrogens (tertiary/aromatic N) is 2. The van der Waals surface area contributed by atoms with E-state index in [9.17, 15) is 4.79 Å². The first kappa shape index (κ1) is 14.9. The van der Waals surface area contributed by atoms with Gasteiger partial charge in [0.15, 0.2) is 0 Å². The molecule has 1 atom stereocenters. The van der Waals surface area contributed by atoms with Gasteiger partial charge in [0.2, 0.25) is 5.56 Å². The van der Waals surface area contributed by atoms with Crippen LogP contribution in [0.1, 0.15) is 35.7 Å². The second kappa shape index (κ2) is 6.45. The Morgan fingerprint density at radius 1 is 1.21 bits per heavy atom. The van der Waals surface area contributed by atoms with Gasteiger partial charge in [0.05, 0.1) is 6.33 Å². The Balaban J connectivity index is 1.45. The van der Waals surface area contributed by atoms with Gasteiger partial charge in [0, 0.05) is 42.4 Å². The number of nitrogens with one attached hydrogen (secondary N) is 2. The summed E-state index contributed by atoms with van der Waals surface area (Å²) >= 11 is 0. The van der Waals surface area contributed by atoms with Gasteiger partial charge in [-0.25, -0.2) is 4.98 Å². The van der Waals surface area contributed by atoms with E-state index in [0.29, 0.717) is 6.04 Å². The second-order valence-electron chi connectivity index (χ2n) is 6.22. The van der Waals surface area contributed by atoms with E-state index in [4.69, 9.17) is 0 Å². The Bertz CT molecular complexity index is 865. The number of H-pyrrole nitrogens is 1. The average Bonchev–Trinajstić information content (AvgIpc) is 3.14. The Morgan fingerprint density at radius 3 is 2.88 bits per heavy atom. The number of aryl methyl sites for hydroxylation is 1. The molecule has 4 rings (SSSR count). The Hall–Kier alpha value is -2.66. The van der Waals surface area contributed by atoms with Crippen molar-refractivity contribution in [3.63, 3.8) is 0 Å². The van der Waals surface area contributed by atoms with Crippen LogP contribution in [0.15, 0.2) is 59.9 Å². The summed E-state index contributed by atoms with van der Waals surface area (Å²) in [6.45, 7) is 0.813. The highest BCUT2D eigenvalue weighted by atomic mass is 16.1. The normalized spacial score (nSPS) is 16.8. The quantitative estimate of drug-likeness (QED) is 0.777. The summed E-state index contributed by atoms with van der Waals surface area (Å²) in [5.41, 5.74) is 4.66. The van der Waals surface area contributed by atoms with Crippen molar-refractivity contribution in [2.75, 3.05) is 0 Å². The Labute approximate surface area is 140 Å². The van der Waals surface area contributed by atoms with Crippen molar-refractivity contribution in [3.05, 3.63) is 82.3 Å². The van der Waals surface area contributed by atoms with Crippen molar-refractivity contribution in [1.82, 2.24) is 19.9 Å². The van der Waals surface area contributed by atoms with Gasteiger partial charge in [-0.1, -0.05) is 18.2 Å². The van der Waals surface area contributed by atoms with Crippen LogP contribution in [-0.4, -0.2) is 14.5 Å². The van der Waals surface area contributed by atoms with E-state index in [-0.39, 0.29) is 5.56 Å². The summed E-state index contributed by atoms with van der Waals surface area (Å²) in [4.78, 5) is 18.5. The number of imidazole rings is 1. The summed E-state index contributed by atoms with van der Waals surface area (Å²) in [6.07, 6.45) is 8.68. The predicted molar refractivity (Wildman–Crippen MR) is 93.1 cm³/mol. The highest BCUT2D eigenvalue weighted by molar-refractivity contribution is 5.34. The predicted octanol–water partition coefficient (Wildman–Crippen LogP) is 2.73. The van der Waals surface area contributed by atoms with E-state index in [2.05, 4.69) is 39.6 Å². The molecular weight excluding hydrogens is 300 g/mol. The molecule has 0 amide bonds. The maximum atomic E-state index is 11.5. The second-order valence-corrected chi connectivity index (χ2v) is 6.22. The third-order valence-electron chi connectivity index (χ3n) is 4.62. The maximum absolute atomic E-state index is 11.5. The molecule has 2 N–H and O–H groups in total. The lowest BCUT2D eigenvalue weighted by atomic mass is 9.91. The van der Waals surface area contributed by atoms with Crippen LogP contribution in [0.25, 0.3) is 5.69 Å². The number of pyridine rings is 1. The molecule has 1 aliphatic carbocycles. The van der Waals surface area contributed by atoms with Gasteiger partial charge in [-0.3, -0.25) is 4.79 Å². The molecule has 0 radical (unpaired) electrons. The first-order valence-electron chi connectivity index (χ1n) is 8.32. The molecule has 5 nitrogen and oxygen atoms in total. The zero-order chi connectivity index (χ0) is 16.4. The van der Waals surface area contributed by atoms with Crippen LogP contribution in [0.5, 0.6) is 0 Å². The largest absolute Gasteiger partial charge is 0.326 e. The van der Waals surface area contributed by atoms with Crippen LogP contribution in [0, 0.1) is 0 Å². The summed E-state index contributed by atoms with van der Waals surface area (Å²) in [5, 5.41) is 3.63. The van der Waals surface area contributed by atoms with E-state index in [1.165, 1.54) is 11.1 Å². The molecule has 3 aromatic rings. The number of fused-ring (bicyclic) bond motifs is 1. The lowest BCUT2D eigenvalue weighted by molar-refractivity contribution is 0.453. The lowest BCUT2D eigenvalue weighted by Crippen LogP contribution is -2.27. The zero-order valence-corrected chi connectivity index (χ0v) is 13.4. The monoisotopic (exact) mass is 320 g/mol. The Morgan fingerprint density at radius 2 is 2.08 bits per heavy atom. The summed E-state index contributed by atoms with van der Waals surface area (Å²) < 4.78 is 1.99. The van der Waals surface area contributed by atoms with Gasteiger partial charge < -0.3 is 14.9 Å².